The smallest absolute Gasteiger partial charge is 0.120 e. The lowest BCUT2D eigenvalue weighted by atomic mass is 9.87. The number of aliphatic hydroxyl groups is 1. The van der Waals surface area contributed by atoms with Crippen LogP contribution in [0.2, 0.25) is 0 Å². The van der Waals surface area contributed by atoms with Gasteiger partial charge in [-0.2, -0.15) is 0 Å². The highest BCUT2D eigenvalue weighted by molar-refractivity contribution is 5.31. The average molecular weight is 237 g/mol. The van der Waals surface area contributed by atoms with Crippen LogP contribution in [0.3, 0.4) is 0 Å². The maximum absolute atomic E-state index is 9.61. The Balaban J connectivity index is 2.40. The van der Waals surface area contributed by atoms with Crippen LogP contribution in [-0.4, -0.2) is 22.9 Å². The summed E-state index contributed by atoms with van der Waals surface area (Å²) in [5.74, 6) is 0.327. The Morgan fingerprint density at radius 1 is 1.29 bits per heavy atom. The highest BCUT2D eigenvalue weighted by Gasteiger charge is 2.19. The Labute approximate surface area is 103 Å². The summed E-state index contributed by atoms with van der Waals surface area (Å²) in [4.78, 5) is 0. The Kier molecular flexibility index (Phi) is 4.97. The van der Waals surface area contributed by atoms with Crippen LogP contribution in [0.4, 0.5) is 0 Å². The van der Waals surface area contributed by atoms with E-state index in [-0.39, 0.29) is 11.5 Å². The first-order chi connectivity index (χ1) is 7.91. The lowest BCUT2D eigenvalue weighted by Crippen LogP contribution is -2.31. The van der Waals surface area contributed by atoms with E-state index in [0.29, 0.717) is 12.3 Å². The zero-order valence-corrected chi connectivity index (χ0v) is 10.9. The van der Waals surface area contributed by atoms with Gasteiger partial charge in [-0.05, 0) is 24.8 Å². The van der Waals surface area contributed by atoms with E-state index in [1.807, 2.05) is 25.1 Å². The monoisotopic (exact) mass is 237 g/mol. The normalized spacial score (nSPS) is 13.6. The Hall–Kier alpha value is -1.06. The van der Waals surface area contributed by atoms with E-state index in [2.05, 4.69) is 19.2 Å². The fourth-order valence-electron chi connectivity index (χ4n) is 2.07. The second kappa shape index (κ2) is 6.03. The minimum atomic E-state index is -0.281. The van der Waals surface area contributed by atoms with E-state index in [9.17, 15) is 10.2 Å². The minimum absolute atomic E-state index is 0.0541. The van der Waals surface area contributed by atoms with Gasteiger partial charge in [0.05, 0.1) is 6.10 Å². The topological polar surface area (TPSA) is 52.5 Å². The van der Waals surface area contributed by atoms with E-state index >= 15 is 0 Å². The molecule has 1 rings (SSSR count). The summed E-state index contributed by atoms with van der Waals surface area (Å²) in [6.45, 7) is 7.52. The molecule has 96 valence electrons. The molecule has 0 fully saturated rings. The molecule has 0 aromatic heterocycles. The molecule has 17 heavy (non-hydrogen) atoms. The van der Waals surface area contributed by atoms with Gasteiger partial charge < -0.3 is 15.5 Å². The number of hydrogen-bond acceptors (Lipinski definition) is 3. The highest BCUT2D eigenvalue weighted by Crippen LogP contribution is 2.22. The number of para-hydroxylation sites is 1. The van der Waals surface area contributed by atoms with Crippen molar-refractivity contribution in [2.45, 2.75) is 39.8 Å². The van der Waals surface area contributed by atoms with Crippen molar-refractivity contribution in [3.63, 3.8) is 0 Å². The summed E-state index contributed by atoms with van der Waals surface area (Å²) in [7, 11) is 0. The second-order valence-corrected chi connectivity index (χ2v) is 5.45. The summed E-state index contributed by atoms with van der Waals surface area (Å²) in [5.41, 5.74) is 0.957. The molecule has 1 unspecified atom stereocenters. The predicted octanol–water partition coefficient (Wildman–Crippen LogP) is 2.28. The van der Waals surface area contributed by atoms with Crippen LogP contribution >= 0.6 is 0 Å². The molecule has 0 saturated heterocycles. The van der Waals surface area contributed by atoms with Crippen molar-refractivity contribution in [3.05, 3.63) is 29.8 Å². The quantitative estimate of drug-likeness (QED) is 0.711. The summed E-state index contributed by atoms with van der Waals surface area (Å²) >= 11 is 0. The van der Waals surface area contributed by atoms with Crippen LogP contribution in [0.15, 0.2) is 24.3 Å². The van der Waals surface area contributed by atoms with Crippen molar-refractivity contribution in [1.82, 2.24) is 5.32 Å². The van der Waals surface area contributed by atoms with E-state index in [1.165, 1.54) is 0 Å². The number of rotatable bonds is 6. The highest BCUT2D eigenvalue weighted by atomic mass is 16.3. The number of phenols is 1. The molecule has 0 bridgehead atoms. The second-order valence-electron chi connectivity index (χ2n) is 5.45. The zero-order valence-electron chi connectivity index (χ0n) is 10.9. The standard InChI is InChI=1S/C14H23NO2/c1-11(16)8-14(2,3)10-15-9-12-6-4-5-7-13(12)17/h4-7,11,15-17H,8-10H2,1-3H3. The van der Waals surface area contributed by atoms with Gasteiger partial charge in [-0.1, -0.05) is 32.0 Å². The first-order valence-electron chi connectivity index (χ1n) is 6.06. The van der Waals surface area contributed by atoms with Crippen LogP contribution in [0, 0.1) is 5.41 Å². The molecule has 0 spiro atoms. The Bertz CT molecular complexity index is 348. The van der Waals surface area contributed by atoms with Crippen LogP contribution in [0.25, 0.3) is 0 Å². The van der Waals surface area contributed by atoms with Crippen LogP contribution in [0.5, 0.6) is 5.75 Å². The van der Waals surface area contributed by atoms with Gasteiger partial charge in [-0.15, -0.1) is 0 Å². The number of aromatic hydroxyl groups is 1. The van der Waals surface area contributed by atoms with Gasteiger partial charge in [0.25, 0.3) is 0 Å². The van der Waals surface area contributed by atoms with Crippen LogP contribution < -0.4 is 5.32 Å². The first-order valence-corrected chi connectivity index (χ1v) is 6.06. The van der Waals surface area contributed by atoms with Crippen molar-refractivity contribution in [3.8, 4) is 5.75 Å². The van der Waals surface area contributed by atoms with Crippen molar-refractivity contribution >= 4 is 0 Å². The van der Waals surface area contributed by atoms with E-state index in [4.69, 9.17) is 0 Å². The van der Waals surface area contributed by atoms with Gasteiger partial charge in [0.1, 0.15) is 5.75 Å². The zero-order chi connectivity index (χ0) is 12.9. The molecule has 0 aliphatic heterocycles. The largest absolute Gasteiger partial charge is 0.508 e. The van der Waals surface area contributed by atoms with Gasteiger partial charge >= 0.3 is 0 Å². The molecule has 3 nitrogen and oxygen atoms in total. The number of nitrogens with one attached hydrogen (secondary N) is 1. The van der Waals surface area contributed by atoms with E-state index in [1.54, 1.807) is 6.07 Å². The van der Waals surface area contributed by atoms with Crippen LogP contribution in [-0.2, 0) is 6.54 Å². The van der Waals surface area contributed by atoms with Gasteiger partial charge in [-0.3, -0.25) is 0 Å². The molecule has 0 aliphatic carbocycles. The van der Waals surface area contributed by atoms with Crippen LogP contribution in [0.1, 0.15) is 32.8 Å². The first kappa shape index (κ1) is 14.0. The minimum Gasteiger partial charge on any atom is -0.508 e. The fourth-order valence-corrected chi connectivity index (χ4v) is 2.07. The third kappa shape index (κ3) is 5.20. The van der Waals surface area contributed by atoms with Crippen molar-refractivity contribution < 1.29 is 10.2 Å². The average Bonchev–Trinajstić information content (AvgIpc) is 2.18. The summed E-state index contributed by atoms with van der Waals surface area (Å²) in [5, 5.41) is 22.3. The van der Waals surface area contributed by atoms with E-state index < -0.39 is 0 Å². The number of phenolic OH excluding ortho intramolecular Hbond substituents is 1. The third-order valence-electron chi connectivity index (χ3n) is 2.76. The molecular formula is C14H23NO2. The summed E-state index contributed by atoms with van der Waals surface area (Å²) in [6, 6.07) is 7.33. The Morgan fingerprint density at radius 2 is 1.94 bits per heavy atom. The number of hydrogen-bond donors (Lipinski definition) is 3. The maximum Gasteiger partial charge on any atom is 0.120 e. The molecule has 1 atom stereocenters. The lowest BCUT2D eigenvalue weighted by molar-refractivity contribution is 0.128. The van der Waals surface area contributed by atoms with Gasteiger partial charge in [0.15, 0.2) is 0 Å². The fraction of sp³-hybridized carbons (Fsp3) is 0.571. The third-order valence-corrected chi connectivity index (χ3v) is 2.76. The molecule has 0 heterocycles. The van der Waals surface area contributed by atoms with Gasteiger partial charge in [-0.25, -0.2) is 0 Å². The molecule has 1 aromatic rings. The SMILES string of the molecule is CC(O)CC(C)(C)CNCc1ccccc1O. The summed E-state index contributed by atoms with van der Waals surface area (Å²) < 4.78 is 0. The van der Waals surface area contributed by atoms with Crippen molar-refractivity contribution in [2.75, 3.05) is 6.54 Å². The van der Waals surface area contributed by atoms with Gasteiger partial charge in [0, 0.05) is 18.7 Å². The lowest BCUT2D eigenvalue weighted by Gasteiger charge is -2.26. The summed E-state index contributed by atoms with van der Waals surface area (Å²) in [6.07, 6.45) is 0.484. The van der Waals surface area contributed by atoms with Crippen molar-refractivity contribution in [1.29, 1.82) is 0 Å². The molecule has 3 N–H and O–H groups in total. The molecule has 3 heteroatoms. The van der Waals surface area contributed by atoms with Gasteiger partial charge in [0.2, 0.25) is 0 Å². The molecule has 1 aromatic carbocycles. The Morgan fingerprint density at radius 3 is 2.53 bits per heavy atom. The molecule has 0 radical (unpaired) electrons. The molecular weight excluding hydrogens is 214 g/mol. The molecule has 0 amide bonds. The van der Waals surface area contributed by atoms with Crippen molar-refractivity contribution in [2.24, 2.45) is 5.41 Å². The predicted molar refractivity (Wildman–Crippen MR) is 69.9 cm³/mol. The molecule has 0 saturated carbocycles. The number of benzene rings is 1. The van der Waals surface area contributed by atoms with E-state index in [0.717, 1.165) is 18.5 Å². The number of aliphatic hydroxyl groups excluding tert-OH is 1. The maximum atomic E-state index is 9.61. The molecule has 0 aliphatic rings.